The summed E-state index contributed by atoms with van der Waals surface area (Å²) in [6, 6.07) is 7.96. The maximum Gasteiger partial charge on any atom is 0.109 e. The summed E-state index contributed by atoms with van der Waals surface area (Å²) < 4.78 is 6.33. The average molecular weight is 305 g/mol. The molecule has 0 saturated carbocycles. The minimum atomic E-state index is -0.764. The third-order valence-corrected chi connectivity index (χ3v) is 4.04. The Kier molecular flexibility index (Phi) is 4.27. The van der Waals surface area contributed by atoms with Crippen LogP contribution in [0.1, 0.15) is 0 Å². The molecule has 3 nitrogen and oxygen atoms in total. The van der Waals surface area contributed by atoms with Crippen LogP contribution in [-0.4, -0.2) is 40.9 Å². The fraction of sp³-hybridized carbons (Fsp3) is 0.455. The van der Waals surface area contributed by atoms with Crippen LogP contribution in [0.15, 0.2) is 33.6 Å². The summed E-state index contributed by atoms with van der Waals surface area (Å²) >= 11 is 5.01. The topological polar surface area (TPSA) is 49.7 Å². The number of ether oxygens (including phenoxy) is 1. The second-order valence-electron chi connectivity index (χ2n) is 3.70. The summed E-state index contributed by atoms with van der Waals surface area (Å²) in [4.78, 5) is 1.12. The molecule has 2 rings (SSSR count). The highest BCUT2D eigenvalue weighted by Gasteiger charge is 2.34. The normalized spacial score (nSPS) is 29.6. The van der Waals surface area contributed by atoms with E-state index in [0.29, 0.717) is 5.75 Å². The standard InChI is InChI=1S/C11H13BrO3S/c12-7-2-1-3-8(4-7)16-6-10-11(14)9(13)5-15-10/h1-4,9-11,13-14H,5-6H2. The van der Waals surface area contributed by atoms with E-state index >= 15 is 0 Å². The maximum absolute atomic E-state index is 9.59. The smallest absolute Gasteiger partial charge is 0.109 e. The van der Waals surface area contributed by atoms with Gasteiger partial charge in [-0.25, -0.2) is 0 Å². The molecular weight excluding hydrogens is 292 g/mol. The molecule has 88 valence electrons. The number of halogens is 1. The van der Waals surface area contributed by atoms with Gasteiger partial charge in [-0.05, 0) is 18.2 Å². The van der Waals surface area contributed by atoms with E-state index < -0.39 is 12.2 Å². The first kappa shape index (κ1) is 12.4. The first-order valence-electron chi connectivity index (χ1n) is 5.03. The van der Waals surface area contributed by atoms with Crippen LogP contribution in [0.2, 0.25) is 0 Å². The molecule has 1 aromatic rings. The van der Waals surface area contributed by atoms with Gasteiger partial charge >= 0.3 is 0 Å². The van der Waals surface area contributed by atoms with Gasteiger partial charge in [0.25, 0.3) is 0 Å². The lowest BCUT2D eigenvalue weighted by atomic mass is 10.2. The molecule has 1 aliphatic rings. The van der Waals surface area contributed by atoms with Crippen LogP contribution in [0, 0.1) is 0 Å². The van der Waals surface area contributed by atoms with Crippen molar-refractivity contribution in [2.75, 3.05) is 12.4 Å². The molecule has 5 heteroatoms. The van der Waals surface area contributed by atoms with Crippen molar-refractivity contribution < 1.29 is 14.9 Å². The third-order valence-electron chi connectivity index (χ3n) is 2.47. The third kappa shape index (κ3) is 2.99. The summed E-state index contributed by atoms with van der Waals surface area (Å²) in [5, 5.41) is 18.9. The van der Waals surface area contributed by atoms with Crippen LogP contribution in [0.4, 0.5) is 0 Å². The van der Waals surface area contributed by atoms with Gasteiger partial charge in [-0.2, -0.15) is 0 Å². The number of thioether (sulfide) groups is 1. The quantitative estimate of drug-likeness (QED) is 0.834. The Hall–Kier alpha value is -0.0700. The van der Waals surface area contributed by atoms with Gasteiger partial charge in [0.1, 0.15) is 12.2 Å². The molecule has 3 atom stereocenters. The van der Waals surface area contributed by atoms with Crippen LogP contribution >= 0.6 is 27.7 Å². The minimum Gasteiger partial charge on any atom is -0.388 e. The van der Waals surface area contributed by atoms with Crippen LogP contribution < -0.4 is 0 Å². The molecule has 0 bridgehead atoms. The Morgan fingerprint density at radius 1 is 1.44 bits per heavy atom. The summed E-state index contributed by atoms with van der Waals surface area (Å²) in [6.07, 6.45) is -1.79. The summed E-state index contributed by atoms with van der Waals surface area (Å²) in [6.45, 7) is 0.227. The van der Waals surface area contributed by atoms with Crippen molar-refractivity contribution in [3.8, 4) is 0 Å². The molecule has 0 aromatic heterocycles. The van der Waals surface area contributed by atoms with Crippen molar-refractivity contribution in [1.29, 1.82) is 0 Å². The van der Waals surface area contributed by atoms with Crippen molar-refractivity contribution in [3.05, 3.63) is 28.7 Å². The van der Waals surface area contributed by atoms with E-state index in [4.69, 9.17) is 4.74 Å². The number of hydrogen-bond donors (Lipinski definition) is 2. The van der Waals surface area contributed by atoms with Gasteiger partial charge in [-0.3, -0.25) is 0 Å². The second-order valence-corrected chi connectivity index (χ2v) is 5.71. The highest BCUT2D eigenvalue weighted by molar-refractivity contribution is 9.10. The van der Waals surface area contributed by atoms with Crippen LogP contribution in [-0.2, 0) is 4.74 Å². The van der Waals surface area contributed by atoms with Crippen molar-refractivity contribution >= 4 is 27.7 Å². The zero-order valence-electron chi connectivity index (χ0n) is 8.54. The molecule has 0 radical (unpaired) electrons. The zero-order valence-corrected chi connectivity index (χ0v) is 10.9. The van der Waals surface area contributed by atoms with Crippen molar-refractivity contribution in [3.63, 3.8) is 0 Å². The van der Waals surface area contributed by atoms with E-state index in [2.05, 4.69) is 15.9 Å². The van der Waals surface area contributed by atoms with Crippen LogP contribution in [0.25, 0.3) is 0 Å². The largest absolute Gasteiger partial charge is 0.388 e. The number of hydrogen-bond acceptors (Lipinski definition) is 4. The van der Waals surface area contributed by atoms with Gasteiger partial charge in [-0.15, -0.1) is 11.8 Å². The van der Waals surface area contributed by atoms with E-state index in [0.717, 1.165) is 9.37 Å². The zero-order chi connectivity index (χ0) is 11.5. The van der Waals surface area contributed by atoms with Crippen LogP contribution in [0.5, 0.6) is 0 Å². The van der Waals surface area contributed by atoms with E-state index in [1.165, 1.54) is 0 Å². The SMILES string of the molecule is OC1COC(CSc2cccc(Br)c2)C1O. The van der Waals surface area contributed by atoms with Crippen molar-refractivity contribution in [2.45, 2.75) is 23.2 Å². The highest BCUT2D eigenvalue weighted by Crippen LogP contribution is 2.26. The first-order chi connectivity index (χ1) is 7.66. The Labute approximate surface area is 107 Å². The molecule has 1 saturated heterocycles. The molecule has 16 heavy (non-hydrogen) atoms. The van der Waals surface area contributed by atoms with E-state index in [1.807, 2.05) is 24.3 Å². The number of benzene rings is 1. The molecule has 1 fully saturated rings. The molecule has 3 unspecified atom stereocenters. The fourth-order valence-electron chi connectivity index (χ4n) is 1.55. The van der Waals surface area contributed by atoms with Crippen molar-refractivity contribution in [1.82, 2.24) is 0 Å². The Morgan fingerprint density at radius 2 is 2.25 bits per heavy atom. The number of rotatable bonds is 3. The molecule has 1 heterocycles. The Morgan fingerprint density at radius 3 is 2.88 bits per heavy atom. The molecule has 0 amide bonds. The highest BCUT2D eigenvalue weighted by atomic mass is 79.9. The van der Waals surface area contributed by atoms with E-state index in [-0.39, 0.29) is 12.7 Å². The molecule has 0 aliphatic carbocycles. The predicted octanol–water partition coefficient (Wildman–Crippen LogP) is 1.66. The predicted molar refractivity (Wildman–Crippen MR) is 66.6 cm³/mol. The summed E-state index contributed by atoms with van der Waals surface area (Å²) in [5.41, 5.74) is 0. The lowest BCUT2D eigenvalue weighted by molar-refractivity contribution is 0.0337. The molecule has 1 aliphatic heterocycles. The lowest BCUT2D eigenvalue weighted by Gasteiger charge is -2.14. The monoisotopic (exact) mass is 304 g/mol. The Balaban J connectivity index is 1.88. The van der Waals surface area contributed by atoms with Gasteiger partial charge in [0.15, 0.2) is 0 Å². The second kappa shape index (κ2) is 5.51. The summed E-state index contributed by atoms with van der Waals surface area (Å²) in [5.74, 6) is 0.648. The molecule has 0 spiro atoms. The number of aliphatic hydroxyl groups is 2. The summed E-state index contributed by atoms with van der Waals surface area (Å²) in [7, 11) is 0. The molecular formula is C11H13BrO3S. The average Bonchev–Trinajstić information content (AvgIpc) is 2.57. The lowest BCUT2D eigenvalue weighted by Crippen LogP contribution is -2.31. The van der Waals surface area contributed by atoms with Gasteiger partial charge < -0.3 is 14.9 Å². The van der Waals surface area contributed by atoms with Gasteiger partial charge in [0.05, 0.1) is 12.7 Å². The Bertz CT molecular complexity index is 361. The number of aliphatic hydroxyl groups excluding tert-OH is 2. The minimum absolute atomic E-state index is 0.227. The van der Waals surface area contributed by atoms with Gasteiger partial charge in [0.2, 0.25) is 0 Å². The van der Waals surface area contributed by atoms with Gasteiger partial charge in [0, 0.05) is 15.1 Å². The molecule has 2 N–H and O–H groups in total. The van der Waals surface area contributed by atoms with Gasteiger partial charge in [-0.1, -0.05) is 22.0 Å². The fourth-order valence-corrected chi connectivity index (χ4v) is 3.13. The van der Waals surface area contributed by atoms with E-state index in [9.17, 15) is 10.2 Å². The first-order valence-corrected chi connectivity index (χ1v) is 6.81. The maximum atomic E-state index is 9.59. The van der Waals surface area contributed by atoms with Crippen molar-refractivity contribution in [2.24, 2.45) is 0 Å². The molecule has 1 aromatic carbocycles. The van der Waals surface area contributed by atoms with E-state index in [1.54, 1.807) is 11.8 Å². The van der Waals surface area contributed by atoms with Crippen LogP contribution in [0.3, 0.4) is 0 Å².